The summed E-state index contributed by atoms with van der Waals surface area (Å²) >= 11 is 5.40. The highest BCUT2D eigenvalue weighted by molar-refractivity contribution is 6.67. The zero-order valence-electron chi connectivity index (χ0n) is 46.8. The molecule has 0 bridgehead atoms. The van der Waals surface area contributed by atoms with Crippen molar-refractivity contribution in [2.45, 2.75) is 130 Å². The second-order valence-corrected chi connectivity index (χ2v) is 21.2. The SMILES string of the molecule is C.CC(C)(C)OC(=O)N1CCC(c2ccccc2)[C@@H](N)C1.COCCCOc1cc(C(=O)Cl)ccc1OC.COCCCOc1cc(C(=O)N(C(C)C)[C@H]2CN(C(=O)OC(C)(C)C)CC[C@@H]2c2ccccc2)ccc1OC. The maximum absolute atomic E-state index is 14.2. The summed E-state index contributed by atoms with van der Waals surface area (Å²) in [4.78, 5) is 55.7. The molecule has 2 aliphatic heterocycles. The first kappa shape index (κ1) is 65.2. The van der Waals surface area contributed by atoms with Crippen molar-refractivity contribution in [3.63, 3.8) is 0 Å². The molecule has 2 heterocycles. The van der Waals surface area contributed by atoms with E-state index in [1.165, 1.54) is 5.56 Å². The third kappa shape index (κ3) is 21.0. The van der Waals surface area contributed by atoms with Crippen LogP contribution in [-0.4, -0.2) is 148 Å². The largest absolute Gasteiger partial charge is 0.493 e. The topological polar surface area (TPSA) is 178 Å². The first-order valence-corrected chi connectivity index (χ1v) is 26.4. The van der Waals surface area contributed by atoms with E-state index in [1.54, 1.807) is 74.6 Å². The van der Waals surface area contributed by atoms with Crippen molar-refractivity contribution in [3.8, 4) is 23.0 Å². The van der Waals surface area contributed by atoms with Crippen LogP contribution in [0.15, 0.2) is 97.1 Å². The number of benzene rings is 4. The van der Waals surface area contributed by atoms with E-state index in [2.05, 4.69) is 24.3 Å². The molecule has 2 saturated heterocycles. The number of methoxy groups -OCH3 is 4. The van der Waals surface area contributed by atoms with Crippen LogP contribution in [0, 0.1) is 0 Å². The van der Waals surface area contributed by atoms with Crippen LogP contribution in [-0.2, 0) is 18.9 Å². The minimum atomic E-state index is -0.598. The Balaban J connectivity index is 0.000000342. The van der Waals surface area contributed by atoms with Crippen molar-refractivity contribution in [1.82, 2.24) is 14.7 Å². The lowest BCUT2D eigenvalue weighted by atomic mass is 9.83. The van der Waals surface area contributed by atoms with Crippen LogP contribution >= 0.6 is 11.6 Å². The summed E-state index contributed by atoms with van der Waals surface area (Å²) < 4.78 is 43.2. The summed E-state index contributed by atoms with van der Waals surface area (Å²) in [5.41, 5.74) is 8.49. The Labute approximate surface area is 463 Å². The van der Waals surface area contributed by atoms with Crippen molar-refractivity contribution in [2.24, 2.45) is 5.73 Å². The van der Waals surface area contributed by atoms with E-state index in [-0.39, 0.29) is 49.6 Å². The summed E-state index contributed by atoms with van der Waals surface area (Å²) in [6.07, 6.45) is 2.47. The zero-order valence-corrected chi connectivity index (χ0v) is 47.6. The quantitative estimate of drug-likeness (QED) is 0.0736. The smallest absolute Gasteiger partial charge is 0.410 e. The third-order valence-corrected chi connectivity index (χ3v) is 12.7. The normalized spacial score (nSPS) is 17.2. The van der Waals surface area contributed by atoms with Gasteiger partial charge in [-0.1, -0.05) is 68.1 Å². The highest BCUT2D eigenvalue weighted by Crippen LogP contribution is 2.36. The fourth-order valence-corrected chi connectivity index (χ4v) is 9.02. The number of halogens is 1. The molecule has 0 radical (unpaired) electrons. The summed E-state index contributed by atoms with van der Waals surface area (Å²) in [5.74, 6) is 2.43. The van der Waals surface area contributed by atoms with Gasteiger partial charge in [0, 0.05) is 102 Å². The number of carbonyl (C=O) groups excluding carboxylic acids is 4. The molecule has 4 atom stereocenters. The number of hydrogen-bond acceptors (Lipinski definition) is 13. The van der Waals surface area contributed by atoms with E-state index in [0.717, 1.165) is 31.2 Å². The number of likely N-dealkylation sites (tertiary alicyclic amines) is 2. The number of carbonyl (C=O) groups is 4. The lowest BCUT2D eigenvalue weighted by molar-refractivity contribution is 0.00366. The maximum Gasteiger partial charge on any atom is 0.410 e. The van der Waals surface area contributed by atoms with Crippen LogP contribution < -0.4 is 24.7 Å². The molecular weight excluding hydrogens is 1000 g/mol. The van der Waals surface area contributed by atoms with Gasteiger partial charge >= 0.3 is 12.2 Å². The number of ether oxygens (including phenoxy) is 8. The number of hydrogen-bond donors (Lipinski definition) is 1. The van der Waals surface area contributed by atoms with Gasteiger partial charge in [0.2, 0.25) is 0 Å². The van der Waals surface area contributed by atoms with Gasteiger partial charge < -0.3 is 58.3 Å². The molecule has 1 unspecified atom stereocenters. The van der Waals surface area contributed by atoms with Crippen LogP contribution in [0.5, 0.6) is 23.0 Å². The van der Waals surface area contributed by atoms with E-state index < -0.39 is 16.4 Å². The Morgan fingerprint density at radius 2 is 1.04 bits per heavy atom. The van der Waals surface area contributed by atoms with Crippen molar-refractivity contribution >= 4 is 34.9 Å². The maximum atomic E-state index is 14.2. The van der Waals surface area contributed by atoms with Crippen LogP contribution in [0.3, 0.4) is 0 Å². The van der Waals surface area contributed by atoms with Gasteiger partial charge in [0.15, 0.2) is 23.0 Å². The molecule has 3 amide bonds. The van der Waals surface area contributed by atoms with Crippen molar-refractivity contribution < 1.29 is 57.1 Å². The van der Waals surface area contributed by atoms with Gasteiger partial charge in [-0.3, -0.25) is 9.59 Å². The van der Waals surface area contributed by atoms with Gasteiger partial charge in [-0.05, 0) is 127 Å². The van der Waals surface area contributed by atoms with E-state index in [0.29, 0.717) is 92.6 Å². The lowest BCUT2D eigenvalue weighted by Crippen LogP contribution is -2.57. The first-order valence-electron chi connectivity index (χ1n) is 26.0. The average Bonchev–Trinajstić information content (AvgIpc) is 3.38. The molecule has 2 fully saturated rings. The van der Waals surface area contributed by atoms with Gasteiger partial charge in [0.25, 0.3) is 11.1 Å². The lowest BCUT2D eigenvalue weighted by Gasteiger charge is -2.46. The number of piperidine rings is 2. The number of nitrogens with zero attached hydrogens (tertiary/aromatic N) is 3. The molecule has 6 rings (SSSR count). The van der Waals surface area contributed by atoms with Gasteiger partial charge in [-0.15, -0.1) is 0 Å². The third-order valence-electron chi connectivity index (χ3n) is 12.4. The second-order valence-electron chi connectivity index (χ2n) is 20.9. The molecule has 77 heavy (non-hydrogen) atoms. The molecule has 2 aliphatic rings. The Hall–Kier alpha value is -6.07. The summed E-state index contributed by atoms with van der Waals surface area (Å²) in [6.45, 7) is 19.6. The minimum absolute atomic E-state index is 0. The van der Waals surface area contributed by atoms with Crippen molar-refractivity contribution in [1.29, 1.82) is 0 Å². The van der Waals surface area contributed by atoms with E-state index in [1.807, 2.05) is 96.7 Å². The number of rotatable bonds is 18. The average molecular weight is 1090 g/mol. The van der Waals surface area contributed by atoms with Crippen molar-refractivity contribution in [3.05, 3.63) is 119 Å². The number of nitrogens with two attached hydrogens (primary N) is 1. The molecule has 0 aliphatic carbocycles. The highest BCUT2D eigenvalue weighted by atomic mass is 35.5. The Morgan fingerprint density at radius 1 is 0.610 bits per heavy atom. The fraction of sp³-hybridized carbons (Fsp3) is 0.533. The molecule has 17 heteroatoms. The summed E-state index contributed by atoms with van der Waals surface area (Å²) in [6, 6.07) is 30.2. The van der Waals surface area contributed by atoms with Crippen LogP contribution in [0.1, 0.15) is 132 Å². The molecule has 4 aromatic rings. The van der Waals surface area contributed by atoms with E-state index in [9.17, 15) is 19.2 Å². The van der Waals surface area contributed by atoms with E-state index in [4.69, 9.17) is 55.2 Å². The van der Waals surface area contributed by atoms with Gasteiger partial charge in [0.05, 0.1) is 33.5 Å². The Morgan fingerprint density at radius 3 is 1.45 bits per heavy atom. The van der Waals surface area contributed by atoms with Gasteiger partial charge in [-0.2, -0.15) is 0 Å². The first-order chi connectivity index (χ1) is 36.1. The summed E-state index contributed by atoms with van der Waals surface area (Å²) in [7, 11) is 6.40. The Kier molecular flexibility index (Phi) is 27.1. The van der Waals surface area contributed by atoms with Crippen molar-refractivity contribution in [2.75, 3.05) is 81.0 Å². The molecule has 4 aromatic carbocycles. The molecule has 16 nitrogen and oxygen atoms in total. The molecule has 426 valence electrons. The fourth-order valence-electron chi connectivity index (χ4n) is 8.91. The minimum Gasteiger partial charge on any atom is -0.493 e. The monoisotopic (exact) mass is 1090 g/mol. The predicted molar refractivity (Wildman–Crippen MR) is 303 cm³/mol. The zero-order chi connectivity index (χ0) is 56.0. The molecule has 0 spiro atoms. The van der Waals surface area contributed by atoms with Crippen LogP contribution in [0.2, 0.25) is 0 Å². The highest BCUT2D eigenvalue weighted by Gasteiger charge is 2.41. The Bertz CT molecular complexity index is 2410. The molecule has 0 aromatic heterocycles. The van der Waals surface area contributed by atoms with E-state index >= 15 is 0 Å². The molecule has 2 N–H and O–H groups in total. The standard InChI is InChI=1S/C31H44N2O6.C16H24N2O2.C12H15ClO4.CH4/c1-22(2)33(29(34)24-14-15-27(37-7)28(20-24)38-19-11-18-36-6)26-21-32(30(35)39-31(3,4)5)17-16-25(26)23-12-9-8-10-13-23;1-16(2,3)20-15(19)18-10-9-13(14(17)11-18)12-7-5-4-6-8-12;1-15-6-3-7-17-11-8-9(12(13)14)4-5-10(11)16-2;/h8-10,12-15,20,22,25-26H,11,16-19,21H2,1-7H3;4-8,13-14H,9-11,17H2,1-3H3;4-5,8H,3,6-7H2,1-2H3;1H4/t25-,26+;13?,14-;;/m10../s1. The van der Waals surface area contributed by atoms with Crippen LogP contribution in [0.4, 0.5) is 9.59 Å². The van der Waals surface area contributed by atoms with Gasteiger partial charge in [0.1, 0.15) is 11.2 Å². The molecule has 0 saturated carbocycles. The number of amides is 3. The molecular formula is C60H87ClN4O12. The second kappa shape index (κ2) is 32.0. The summed E-state index contributed by atoms with van der Waals surface area (Å²) in [5, 5.41) is -0.519. The van der Waals surface area contributed by atoms with Crippen LogP contribution in [0.25, 0.3) is 0 Å². The predicted octanol–water partition coefficient (Wildman–Crippen LogP) is 11.6. The van der Waals surface area contributed by atoms with Gasteiger partial charge in [-0.25, -0.2) is 9.59 Å².